The molecule has 0 unspecified atom stereocenters. The molecule has 3 rings (SSSR count). The van der Waals surface area contributed by atoms with Crippen LogP contribution in [-0.4, -0.2) is 6.10 Å². The molecular formula is C18H21NO. The van der Waals surface area contributed by atoms with E-state index >= 15 is 0 Å². The molecule has 1 aliphatic carbocycles. The van der Waals surface area contributed by atoms with E-state index in [1.165, 1.54) is 31.2 Å². The highest BCUT2D eigenvalue weighted by atomic mass is 16.5. The van der Waals surface area contributed by atoms with Crippen molar-refractivity contribution in [3.63, 3.8) is 0 Å². The van der Waals surface area contributed by atoms with Crippen molar-refractivity contribution in [2.75, 3.05) is 5.32 Å². The number of hydrogen-bond donors (Lipinski definition) is 1. The van der Waals surface area contributed by atoms with Gasteiger partial charge in [0.15, 0.2) is 0 Å². The minimum Gasteiger partial charge on any atom is -0.490 e. The van der Waals surface area contributed by atoms with Crippen LogP contribution in [0.5, 0.6) is 5.75 Å². The highest BCUT2D eigenvalue weighted by Crippen LogP contribution is 2.27. The third kappa shape index (κ3) is 3.32. The number of benzene rings is 2. The SMILES string of the molecule is c1ccc(NCc2ccccc2OC2CCCC2)cc1. The number of nitrogens with one attached hydrogen (secondary N) is 1. The number of para-hydroxylation sites is 2. The van der Waals surface area contributed by atoms with E-state index in [1.54, 1.807) is 0 Å². The largest absolute Gasteiger partial charge is 0.490 e. The van der Waals surface area contributed by atoms with Crippen molar-refractivity contribution in [1.29, 1.82) is 0 Å². The van der Waals surface area contributed by atoms with E-state index in [2.05, 4.69) is 41.7 Å². The minimum atomic E-state index is 0.410. The quantitative estimate of drug-likeness (QED) is 0.853. The monoisotopic (exact) mass is 267 g/mol. The Morgan fingerprint density at radius 2 is 1.60 bits per heavy atom. The first-order valence-corrected chi connectivity index (χ1v) is 7.45. The molecule has 1 N–H and O–H groups in total. The van der Waals surface area contributed by atoms with E-state index in [1.807, 2.05) is 18.2 Å². The summed E-state index contributed by atoms with van der Waals surface area (Å²) in [4.78, 5) is 0. The lowest BCUT2D eigenvalue weighted by Gasteiger charge is -2.17. The molecule has 2 heteroatoms. The number of rotatable bonds is 5. The van der Waals surface area contributed by atoms with Gasteiger partial charge in [0.2, 0.25) is 0 Å². The first-order valence-electron chi connectivity index (χ1n) is 7.45. The molecular weight excluding hydrogens is 246 g/mol. The lowest BCUT2D eigenvalue weighted by molar-refractivity contribution is 0.208. The van der Waals surface area contributed by atoms with Crippen LogP contribution in [0.2, 0.25) is 0 Å². The molecule has 1 saturated carbocycles. The van der Waals surface area contributed by atoms with Crippen LogP contribution in [0.15, 0.2) is 54.6 Å². The molecule has 1 fully saturated rings. The molecule has 2 nitrogen and oxygen atoms in total. The molecule has 0 spiro atoms. The number of hydrogen-bond acceptors (Lipinski definition) is 2. The summed E-state index contributed by atoms with van der Waals surface area (Å²) in [6.45, 7) is 0.799. The van der Waals surface area contributed by atoms with Crippen molar-refractivity contribution in [1.82, 2.24) is 0 Å². The lowest BCUT2D eigenvalue weighted by atomic mass is 10.2. The van der Waals surface area contributed by atoms with Gasteiger partial charge < -0.3 is 10.1 Å². The van der Waals surface area contributed by atoms with Crippen molar-refractivity contribution in [2.24, 2.45) is 0 Å². The molecule has 0 atom stereocenters. The fourth-order valence-electron chi connectivity index (χ4n) is 2.70. The summed E-state index contributed by atoms with van der Waals surface area (Å²) < 4.78 is 6.15. The van der Waals surface area contributed by atoms with Crippen LogP contribution in [0.25, 0.3) is 0 Å². The molecule has 0 bridgehead atoms. The topological polar surface area (TPSA) is 21.3 Å². The van der Waals surface area contributed by atoms with Gasteiger partial charge in [-0.2, -0.15) is 0 Å². The van der Waals surface area contributed by atoms with Crippen LogP contribution in [0, 0.1) is 0 Å². The second-order valence-corrected chi connectivity index (χ2v) is 5.35. The molecule has 104 valence electrons. The van der Waals surface area contributed by atoms with Crippen molar-refractivity contribution in [2.45, 2.75) is 38.3 Å². The van der Waals surface area contributed by atoms with Crippen LogP contribution >= 0.6 is 0 Å². The standard InChI is InChI=1S/C18H21NO/c1-2-9-16(10-3-1)19-14-15-8-4-7-13-18(15)20-17-11-5-6-12-17/h1-4,7-10,13,17,19H,5-6,11-12,14H2. The first-order chi connectivity index (χ1) is 9.92. The Morgan fingerprint density at radius 3 is 2.40 bits per heavy atom. The van der Waals surface area contributed by atoms with Gasteiger partial charge in [0, 0.05) is 17.8 Å². The molecule has 0 heterocycles. The highest BCUT2D eigenvalue weighted by Gasteiger charge is 2.17. The Kier molecular flexibility index (Phi) is 4.22. The third-order valence-electron chi connectivity index (χ3n) is 3.83. The molecule has 0 aromatic heterocycles. The highest BCUT2D eigenvalue weighted by molar-refractivity contribution is 5.45. The van der Waals surface area contributed by atoms with E-state index in [-0.39, 0.29) is 0 Å². The zero-order chi connectivity index (χ0) is 13.6. The summed E-state index contributed by atoms with van der Waals surface area (Å²) in [5, 5.41) is 3.45. The molecule has 2 aromatic rings. The Bertz CT molecular complexity index is 532. The van der Waals surface area contributed by atoms with E-state index in [0.717, 1.165) is 18.0 Å². The minimum absolute atomic E-state index is 0.410. The van der Waals surface area contributed by atoms with E-state index in [9.17, 15) is 0 Å². The average Bonchev–Trinajstić information content (AvgIpc) is 3.00. The average molecular weight is 267 g/mol. The maximum Gasteiger partial charge on any atom is 0.124 e. The smallest absolute Gasteiger partial charge is 0.124 e. The summed E-state index contributed by atoms with van der Waals surface area (Å²) in [5.41, 5.74) is 2.37. The van der Waals surface area contributed by atoms with E-state index in [0.29, 0.717) is 6.10 Å². The summed E-state index contributed by atoms with van der Waals surface area (Å²) in [6.07, 6.45) is 5.40. The van der Waals surface area contributed by atoms with Gasteiger partial charge in [-0.25, -0.2) is 0 Å². The van der Waals surface area contributed by atoms with Gasteiger partial charge in [-0.3, -0.25) is 0 Å². The Morgan fingerprint density at radius 1 is 0.900 bits per heavy atom. The number of anilines is 1. The van der Waals surface area contributed by atoms with Crippen LogP contribution in [0.3, 0.4) is 0 Å². The van der Waals surface area contributed by atoms with Gasteiger partial charge in [0.05, 0.1) is 6.10 Å². The predicted molar refractivity (Wildman–Crippen MR) is 83.1 cm³/mol. The van der Waals surface area contributed by atoms with Crippen LogP contribution in [0.1, 0.15) is 31.2 Å². The summed E-state index contributed by atoms with van der Waals surface area (Å²) in [6, 6.07) is 18.6. The second kappa shape index (κ2) is 6.47. The first kappa shape index (κ1) is 13.0. The van der Waals surface area contributed by atoms with Gasteiger partial charge in [-0.15, -0.1) is 0 Å². The summed E-state index contributed by atoms with van der Waals surface area (Å²) in [5.74, 6) is 1.03. The maximum absolute atomic E-state index is 6.15. The van der Waals surface area contributed by atoms with E-state index < -0.39 is 0 Å². The summed E-state index contributed by atoms with van der Waals surface area (Å²) >= 11 is 0. The normalized spacial score (nSPS) is 15.2. The molecule has 0 radical (unpaired) electrons. The predicted octanol–water partition coefficient (Wildman–Crippen LogP) is 4.62. The fraction of sp³-hybridized carbons (Fsp3) is 0.333. The van der Waals surface area contributed by atoms with Crippen molar-refractivity contribution < 1.29 is 4.74 Å². The second-order valence-electron chi connectivity index (χ2n) is 5.35. The zero-order valence-corrected chi connectivity index (χ0v) is 11.7. The number of ether oxygens (including phenoxy) is 1. The van der Waals surface area contributed by atoms with Crippen molar-refractivity contribution in [3.05, 3.63) is 60.2 Å². The van der Waals surface area contributed by atoms with Crippen molar-refractivity contribution in [3.8, 4) is 5.75 Å². The van der Waals surface area contributed by atoms with E-state index in [4.69, 9.17) is 4.74 Å². The molecule has 2 aromatic carbocycles. The van der Waals surface area contributed by atoms with Gasteiger partial charge in [0.1, 0.15) is 5.75 Å². The van der Waals surface area contributed by atoms with Crippen LogP contribution in [-0.2, 0) is 6.54 Å². The molecule has 1 aliphatic rings. The molecule has 0 amide bonds. The van der Waals surface area contributed by atoms with Gasteiger partial charge in [-0.1, -0.05) is 36.4 Å². The van der Waals surface area contributed by atoms with Gasteiger partial charge in [0.25, 0.3) is 0 Å². The van der Waals surface area contributed by atoms with Crippen molar-refractivity contribution >= 4 is 5.69 Å². The maximum atomic E-state index is 6.15. The van der Waals surface area contributed by atoms with Crippen LogP contribution < -0.4 is 10.1 Å². The Labute approximate surface area is 120 Å². The Hall–Kier alpha value is -1.96. The zero-order valence-electron chi connectivity index (χ0n) is 11.7. The fourth-order valence-corrected chi connectivity index (χ4v) is 2.70. The molecule has 20 heavy (non-hydrogen) atoms. The molecule has 0 saturated heterocycles. The third-order valence-corrected chi connectivity index (χ3v) is 3.83. The summed E-state index contributed by atoms with van der Waals surface area (Å²) in [7, 11) is 0. The van der Waals surface area contributed by atoms with Gasteiger partial charge in [-0.05, 0) is 43.9 Å². The lowest BCUT2D eigenvalue weighted by Crippen LogP contribution is -2.13. The Balaban J connectivity index is 1.66. The molecule has 0 aliphatic heterocycles. The van der Waals surface area contributed by atoms with Crippen LogP contribution in [0.4, 0.5) is 5.69 Å². The van der Waals surface area contributed by atoms with Gasteiger partial charge >= 0.3 is 0 Å².